The molecule has 0 aliphatic rings. The Morgan fingerprint density at radius 1 is 0.509 bits per heavy atom. The number of benzene rings is 7. The molecule has 10 aromatic rings. The molecule has 5 heteroatoms. The first-order valence-corrected chi connectivity index (χ1v) is 19.1. The van der Waals surface area contributed by atoms with Crippen LogP contribution in [0.2, 0.25) is 0 Å². The highest BCUT2D eigenvalue weighted by Gasteiger charge is 2.21. The maximum atomic E-state index is 6.28. The molecule has 0 saturated heterocycles. The highest BCUT2D eigenvalue weighted by molar-refractivity contribution is 6.12. The summed E-state index contributed by atoms with van der Waals surface area (Å²) in [4.78, 5) is 15.1. The third-order valence-electron chi connectivity index (χ3n) is 10.6. The third kappa shape index (κ3) is 5.94. The molecule has 0 N–H and O–H groups in total. The van der Waals surface area contributed by atoms with Crippen molar-refractivity contribution in [3.8, 4) is 62.1 Å². The van der Waals surface area contributed by atoms with Crippen molar-refractivity contribution in [2.45, 2.75) is 6.92 Å². The molecular weight excluding hydrogens is 697 g/mol. The molecule has 270 valence electrons. The molecular formula is C52H36N4O. The molecule has 57 heavy (non-hydrogen) atoms. The molecule has 3 heterocycles. The number of aromatic nitrogens is 4. The van der Waals surface area contributed by atoms with E-state index in [9.17, 15) is 0 Å². The lowest BCUT2D eigenvalue weighted by Crippen LogP contribution is -2.02. The van der Waals surface area contributed by atoms with Crippen LogP contribution in [0.15, 0.2) is 187 Å². The van der Waals surface area contributed by atoms with Gasteiger partial charge in [-0.05, 0) is 66.1 Å². The first-order chi connectivity index (χ1) is 28.2. The van der Waals surface area contributed by atoms with Gasteiger partial charge in [0, 0.05) is 44.0 Å². The minimum absolute atomic E-state index is 0.611. The molecule has 10 rings (SSSR count). The van der Waals surface area contributed by atoms with E-state index in [0.717, 1.165) is 78.0 Å². The van der Waals surface area contributed by atoms with Gasteiger partial charge in [-0.2, -0.15) is 0 Å². The van der Waals surface area contributed by atoms with Crippen molar-refractivity contribution in [2.75, 3.05) is 0 Å². The van der Waals surface area contributed by atoms with E-state index in [4.69, 9.17) is 19.4 Å². The van der Waals surface area contributed by atoms with Crippen LogP contribution in [0.4, 0.5) is 0 Å². The summed E-state index contributed by atoms with van der Waals surface area (Å²) >= 11 is 0. The zero-order chi connectivity index (χ0) is 38.3. The molecule has 0 fully saturated rings. The van der Waals surface area contributed by atoms with Crippen LogP contribution in [0.5, 0.6) is 0 Å². The summed E-state index contributed by atoms with van der Waals surface area (Å²) in [6, 6.07) is 59.0. The van der Waals surface area contributed by atoms with Gasteiger partial charge >= 0.3 is 0 Å². The average Bonchev–Trinajstić information content (AvgIpc) is 3.82. The molecule has 7 aromatic carbocycles. The predicted molar refractivity (Wildman–Crippen MR) is 236 cm³/mol. The summed E-state index contributed by atoms with van der Waals surface area (Å²) in [6.45, 7) is 6.06. The van der Waals surface area contributed by atoms with Gasteiger partial charge in [0.25, 0.3) is 0 Å². The molecule has 0 atom stereocenters. The molecule has 0 unspecified atom stereocenters. The number of fused-ring (bicyclic) bond motifs is 4. The van der Waals surface area contributed by atoms with Gasteiger partial charge in [-0.1, -0.05) is 152 Å². The van der Waals surface area contributed by atoms with Gasteiger partial charge in [0.1, 0.15) is 11.3 Å². The largest absolute Gasteiger partial charge is 0.456 e. The van der Waals surface area contributed by atoms with Gasteiger partial charge in [-0.15, -0.1) is 0 Å². The molecule has 0 spiro atoms. The SMILES string of the molecule is C=Cc1oc2cccc(-c3ccc4c5ccccc5n(-c5ccc(-c6nc(-c7ccccc7)nc(-c7ccccc7)n6)cc5-c5ccccc5)c4c3)c2c1/C=C\C. The van der Waals surface area contributed by atoms with Gasteiger partial charge in [-0.25, -0.2) is 15.0 Å². The predicted octanol–water partition coefficient (Wildman–Crippen LogP) is 13.7. The third-order valence-corrected chi connectivity index (χ3v) is 10.6. The fourth-order valence-electron chi connectivity index (χ4n) is 7.97. The Hall–Kier alpha value is -7.63. The Kier molecular flexibility index (Phi) is 8.46. The maximum Gasteiger partial charge on any atom is 0.164 e. The van der Waals surface area contributed by atoms with Crippen LogP contribution in [0.25, 0.3) is 107 Å². The molecule has 5 nitrogen and oxygen atoms in total. The van der Waals surface area contributed by atoms with Crippen molar-refractivity contribution in [1.29, 1.82) is 0 Å². The summed E-state index contributed by atoms with van der Waals surface area (Å²) < 4.78 is 8.68. The van der Waals surface area contributed by atoms with Gasteiger partial charge in [0.15, 0.2) is 17.5 Å². The molecule has 3 aromatic heterocycles. The van der Waals surface area contributed by atoms with E-state index in [1.54, 1.807) is 6.08 Å². The van der Waals surface area contributed by atoms with Crippen molar-refractivity contribution in [1.82, 2.24) is 19.5 Å². The van der Waals surface area contributed by atoms with E-state index in [1.165, 1.54) is 10.8 Å². The summed E-state index contributed by atoms with van der Waals surface area (Å²) in [5.74, 6) is 2.64. The maximum absolute atomic E-state index is 6.28. The van der Waals surface area contributed by atoms with Crippen molar-refractivity contribution < 1.29 is 4.42 Å². The molecule has 0 aliphatic carbocycles. The van der Waals surface area contributed by atoms with Crippen molar-refractivity contribution in [2.24, 2.45) is 0 Å². The molecule has 0 amide bonds. The molecule has 0 radical (unpaired) electrons. The summed E-state index contributed by atoms with van der Waals surface area (Å²) in [5.41, 5.74) is 12.3. The Balaban J connectivity index is 1.22. The Bertz CT molecular complexity index is 3080. The van der Waals surface area contributed by atoms with E-state index in [0.29, 0.717) is 17.5 Å². The number of rotatable bonds is 8. The fraction of sp³-hybridized carbons (Fsp3) is 0.0192. The van der Waals surface area contributed by atoms with Crippen molar-refractivity contribution >= 4 is 44.9 Å². The second-order valence-electron chi connectivity index (χ2n) is 14.0. The van der Waals surface area contributed by atoms with Crippen LogP contribution in [-0.4, -0.2) is 19.5 Å². The summed E-state index contributed by atoms with van der Waals surface area (Å²) in [7, 11) is 0. The normalized spacial score (nSPS) is 11.6. The van der Waals surface area contributed by atoms with E-state index in [1.807, 2.05) is 79.7 Å². The number of hydrogen-bond donors (Lipinski definition) is 0. The fourth-order valence-corrected chi connectivity index (χ4v) is 7.97. The van der Waals surface area contributed by atoms with E-state index in [-0.39, 0.29) is 0 Å². The monoisotopic (exact) mass is 732 g/mol. The Morgan fingerprint density at radius 3 is 1.77 bits per heavy atom. The van der Waals surface area contributed by atoms with E-state index >= 15 is 0 Å². The Labute approximate surface area is 330 Å². The number of para-hydroxylation sites is 1. The van der Waals surface area contributed by atoms with Gasteiger partial charge < -0.3 is 8.98 Å². The molecule has 0 saturated carbocycles. The second kappa shape index (κ2) is 14.2. The van der Waals surface area contributed by atoms with Gasteiger partial charge in [-0.3, -0.25) is 0 Å². The molecule has 0 aliphatic heterocycles. The first kappa shape index (κ1) is 33.9. The van der Waals surface area contributed by atoms with Crippen LogP contribution in [0, 0.1) is 0 Å². The lowest BCUT2D eigenvalue weighted by molar-refractivity contribution is 0.603. The van der Waals surface area contributed by atoms with Crippen LogP contribution in [0.3, 0.4) is 0 Å². The van der Waals surface area contributed by atoms with Crippen molar-refractivity contribution in [3.05, 3.63) is 194 Å². The number of nitrogens with zero attached hydrogens (tertiary/aromatic N) is 4. The number of furan rings is 1. The van der Waals surface area contributed by atoms with Gasteiger partial charge in [0.2, 0.25) is 0 Å². The zero-order valence-corrected chi connectivity index (χ0v) is 31.3. The Morgan fingerprint density at radius 2 is 1.11 bits per heavy atom. The lowest BCUT2D eigenvalue weighted by atomic mass is 9.97. The van der Waals surface area contributed by atoms with E-state index in [2.05, 4.69) is 120 Å². The number of allylic oxidation sites excluding steroid dienone is 1. The zero-order valence-electron chi connectivity index (χ0n) is 31.3. The van der Waals surface area contributed by atoms with Crippen LogP contribution >= 0.6 is 0 Å². The van der Waals surface area contributed by atoms with Crippen LogP contribution in [0.1, 0.15) is 18.2 Å². The second-order valence-corrected chi connectivity index (χ2v) is 14.0. The first-order valence-electron chi connectivity index (χ1n) is 19.1. The minimum atomic E-state index is 0.611. The summed E-state index contributed by atoms with van der Waals surface area (Å²) in [5, 5.41) is 3.43. The quantitative estimate of drug-likeness (QED) is 0.156. The van der Waals surface area contributed by atoms with Crippen LogP contribution in [-0.2, 0) is 0 Å². The van der Waals surface area contributed by atoms with E-state index < -0.39 is 0 Å². The van der Waals surface area contributed by atoms with Crippen molar-refractivity contribution in [3.63, 3.8) is 0 Å². The smallest absolute Gasteiger partial charge is 0.164 e. The average molecular weight is 733 g/mol. The highest BCUT2D eigenvalue weighted by atomic mass is 16.3. The topological polar surface area (TPSA) is 56.7 Å². The van der Waals surface area contributed by atoms with Gasteiger partial charge in [0.05, 0.1) is 16.7 Å². The number of hydrogen-bond acceptors (Lipinski definition) is 4. The lowest BCUT2D eigenvalue weighted by Gasteiger charge is -2.16. The highest BCUT2D eigenvalue weighted by Crippen LogP contribution is 2.42. The standard InChI is InChI=1S/C52H36N4O/c1-3-17-42-47(4-2)57-48-27-16-25-39(49(42)48)37-28-30-41-40-24-14-15-26-44(40)56(46(41)33-37)45-31-29-38(32-43(45)34-18-8-5-9-19-34)52-54-50(35-20-10-6-11-21-35)53-51(55-52)36-22-12-7-13-23-36/h3-33H,2H2,1H3/b17-3-. The summed E-state index contributed by atoms with van der Waals surface area (Å²) in [6.07, 6.45) is 5.94. The molecule has 0 bridgehead atoms. The van der Waals surface area contributed by atoms with Crippen LogP contribution < -0.4 is 0 Å². The minimum Gasteiger partial charge on any atom is -0.456 e.